The fraction of sp³-hybridized carbons (Fsp3) is 0.0800. The van der Waals surface area contributed by atoms with E-state index < -0.39 is 0 Å². The first-order chi connectivity index (χ1) is 16.7. The van der Waals surface area contributed by atoms with Crippen molar-refractivity contribution in [3.8, 4) is 16.8 Å². The number of hydrogen-bond acceptors (Lipinski definition) is 6. The van der Waals surface area contributed by atoms with Gasteiger partial charge in [-0.05, 0) is 36.1 Å². The molecule has 0 unspecified atom stereocenters. The van der Waals surface area contributed by atoms with Crippen LogP contribution in [0, 0.1) is 0 Å². The van der Waals surface area contributed by atoms with E-state index in [1.807, 2.05) is 61.5 Å². The van der Waals surface area contributed by atoms with Gasteiger partial charge in [0.2, 0.25) is 0 Å². The Hall–Kier alpha value is -4.79. The lowest BCUT2D eigenvalue weighted by molar-refractivity contribution is 0.774. The Morgan fingerprint density at radius 3 is 2.74 bits per heavy atom. The van der Waals surface area contributed by atoms with E-state index in [1.165, 1.54) is 6.33 Å². The van der Waals surface area contributed by atoms with Gasteiger partial charge < -0.3 is 10.3 Å². The van der Waals surface area contributed by atoms with Gasteiger partial charge in [-0.3, -0.25) is 14.5 Å². The molecule has 0 fully saturated rings. The quantitative estimate of drug-likeness (QED) is 0.364. The number of para-hydroxylation sites is 1. The molecule has 3 N–H and O–H groups in total. The van der Waals surface area contributed by atoms with E-state index in [0.29, 0.717) is 22.4 Å². The smallest absolute Gasteiger partial charge is 0.263 e. The summed E-state index contributed by atoms with van der Waals surface area (Å²) < 4.78 is 1.76. The van der Waals surface area contributed by atoms with Crippen LogP contribution >= 0.6 is 0 Å². The highest BCUT2D eigenvalue weighted by atomic mass is 16.1. The number of H-pyrrole nitrogens is 2. The molecule has 0 aliphatic carbocycles. The van der Waals surface area contributed by atoms with Crippen molar-refractivity contribution >= 4 is 27.8 Å². The summed E-state index contributed by atoms with van der Waals surface area (Å²) in [6, 6.07) is 17.3. The molecule has 6 aromatic rings. The van der Waals surface area contributed by atoms with E-state index in [4.69, 9.17) is 0 Å². The molecule has 0 saturated heterocycles. The molecule has 2 aromatic carbocycles. The van der Waals surface area contributed by atoms with Crippen LogP contribution in [0.5, 0.6) is 0 Å². The molecule has 34 heavy (non-hydrogen) atoms. The second-order valence-corrected chi connectivity index (χ2v) is 7.99. The van der Waals surface area contributed by atoms with Crippen molar-refractivity contribution in [3.05, 3.63) is 95.7 Å². The normalized spacial score (nSPS) is 12.3. The Balaban J connectivity index is 1.58. The van der Waals surface area contributed by atoms with Crippen LogP contribution in [0.15, 0.2) is 84.4 Å². The third kappa shape index (κ3) is 3.22. The van der Waals surface area contributed by atoms with Crippen LogP contribution in [0.2, 0.25) is 0 Å². The number of imidazole rings is 1. The number of pyridine rings is 1. The highest BCUT2D eigenvalue weighted by molar-refractivity contribution is 5.96. The molecule has 6 rings (SSSR count). The summed E-state index contributed by atoms with van der Waals surface area (Å²) in [5.74, 6) is 0.595. The maximum atomic E-state index is 14.1. The number of benzene rings is 2. The zero-order valence-corrected chi connectivity index (χ0v) is 18.2. The molecule has 1 atom stereocenters. The van der Waals surface area contributed by atoms with Gasteiger partial charge in [0.25, 0.3) is 5.56 Å². The molecule has 0 spiro atoms. The first kappa shape index (κ1) is 19.9. The van der Waals surface area contributed by atoms with Crippen LogP contribution in [0.1, 0.15) is 18.7 Å². The largest absolute Gasteiger partial charge is 0.360 e. The summed E-state index contributed by atoms with van der Waals surface area (Å²) in [7, 11) is 0. The van der Waals surface area contributed by atoms with Crippen LogP contribution in [-0.4, -0.2) is 34.7 Å². The topological polar surface area (TPSA) is 117 Å². The average Bonchev–Trinajstić information content (AvgIpc) is 3.57. The molecular formula is C25H20N8O. The third-order valence-electron chi connectivity index (χ3n) is 5.91. The minimum absolute atomic E-state index is 0.100. The molecule has 0 amide bonds. The van der Waals surface area contributed by atoms with E-state index in [9.17, 15) is 4.79 Å². The lowest BCUT2D eigenvalue weighted by atomic mass is 10.00. The molecule has 4 aromatic heterocycles. The van der Waals surface area contributed by atoms with Gasteiger partial charge in [0, 0.05) is 23.1 Å². The first-order valence-electron chi connectivity index (χ1n) is 10.8. The Kier molecular flexibility index (Phi) is 4.65. The van der Waals surface area contributed by atoms with Gasteiger partial charge in [0.1, 0.15) is 11.8 Å². The molecule has 0 aliphatic rings. The molecule has 9 nitrogen and oxygen atoms in total. The fourth-order valence-corrected chi connectivity index (χ4v) is 4.33. The maximum Gasteiger partial charge on any atom is 0.263 e. The van der Waals surface area contributed by atoms with Crippen molar-refractivity contribution < 1.29 is 0 Å². The van der Waals surface area contributed by atoms with Crippen LogP contribution in [0.25, 0.3) is 38.8 Å². The minimum Gasteiger partial charge on any atom is -0.360 e. The van der Waals surface area contributed by atoms with E-state index in [1.54, 1.807) is 23.3 Å². The summed E-state index contributed by atoms with van der Waals surface area (Å²) in [5.41, 5.74) is 4.48. The Labute approximate surface area is 193 Å². The zero-order valence-electron chi connectivity index (χ0n) is 18.2. The van der Waals surface area contributed by atoms with E-state index in [-0.39, 0.29) is 11.6 Å². The summed E-state index contributed by atoms with van der Waals surface area (Å²) in [4.78, 5) is 30.0. The molecule has 0 bridgehead atoms. The maximum absolute atomic E-state index is 14.1. The molecule has 4 heterocycles. The summed E-state index contributed by atoms with van der Waals surface area (Å²) in [6.07, 6.45) is 6.59. The molecule has 0 radical (unpaired) electrons. The number of aromatic nitrogens is 7. The number of rotatable bonds is 5. The Bertz CT molecular complexity index is 1670. The second-order valence-electron chi connectivity index (χ2n) is 7.99. The SMILES string of the molecule is C[C@@H](Nc1ncnc2[nH]cnc12)c1cc2cccc(-c3cn[nH]c3)c2c(=O)n1-c1ccccc1. The Morgan fingerprint density at radius 1 is 1.03 bits per heavy atom. The predicted molar refractivity (Wildman–Crippen MR) is 131 cm³/mol. The van der Waals surface area contributed by atoms with Crippen molar-refractivity contribution in [2.45, 2.75) is 13.0 Å². The van der Waals surface area contributed by atoms with E-state index in [0.717, 1.165) is 27.9 Å². The summed E-state index contributed by atoms with van der Waals surface area (Å²) in [6.45, 7) is 2.00. The number of nitrogens with one attached hydrogen (secondary N) is 3. The van der Waals surface area contributed by atoms with E-state index >= 15 is 0 Å². The van der Waals surface area contributed by atoms with Gasteiger partial charge in [-0.2, -0.15) is 5.10 Å². The zero-order chi connectivity index (χ0) is 23.1. The van der Waals surface area contributed by atoms with Crippen molar-refractivity contribution in [1.29, 1.82) is 0 Å². The van der Waals surface area contributed by atoms with Crippen molar-refractivity contribution in [3.63, 3.8) is 0 Å². The minimum atomic E-state index is -0.260. The standard InChI is InChI=1S/C25H20N8O/c1-15(32-24-22-23(27-13-26-22)28-14-29-24)20-10-16-6-5-9-19(17-11-30-31-12-17)21(16)25(34)33(20)18-7-3-2-4-8-18/h2-15H,1H3,(H,30,31)(H2,26,27,28,29,32)/t15-/m1/s1. The van der Waals surface area contributed by atoms with Crippen molar-refractivity contribution in [1.82, 2.24) is 34.7 Å². The Morgan fingerprint density at radius 2 is 1.91 bits per heavy atom. The summed E-state index contributed by atoms with van der Waals surface area (Å²) in [5, 5.41) is 11.8. The van der Waals surface area contributed by atoms with Gasteiger partial charge >= 0.3 is 0 Å². The van der Waals surface area contributed by atoms with Crippen molar-refractivity contribution in [2.75, 3.05) is 5.32 Å². The molecule has 0 aliphatic heterocycles. The van der Waals surface area contributed by atoms with Gasteiger partial charge in [-0.15, -0.1) is 0 Å². The van der Waals surface area contributed by atoms with Gasteiger partial charge in [0.15, 0.2) is 11.5 Å². The number of anilines is 1. The van der Waals surface area contributed by atoms with E-state index in [2.05, 4.69) is 35.5 Å². The number of fused-ring (bicyclic) bond motifs is 2. The lowest BCUT2D eigenvalue weighted by Gasteiger charge is -2.22. The van der Waals surface area contributed by atoms with Gasteiger partial charge in [-0.1, -0.05) is 36.4 Å². The van der Waals surface area contributed by atoms with Gasteiger partial charge in [-0.25, -0.2) is 15.0 Å². The highest BCUT2D eigenvalue weighted by Gasteiger charge is 2.20. The number of hydrogen-bond donors (Lipinski definition) is 3. The highest BCUT2D eigenvalue weighted by Crippen LogP contribution is 2.30. The fourth-order valence-electron chi connectivity index (χ4n) is 4.33. The van der Waals surface area contributed by atoms with Crippen LogP contribution in [-0.2, 0) is 0 Å². The predicted octanol–water partition coefficient (Wildman–Crippen LogP) is 4.22. The molecule has 166 valence electrons. The molecule has 9 heteroatoms. The number of aromatic amines is 2. The average molecular weight is 448 g/mol. The van der Waals surface area contributed by atoms with Crippen LogP contribution in [0.3, 0.4) is 0 Å². The van der Waals surface area contributed by atoms with Crippen LogP contribution in [0.4, 0.5) is 5.82 Å². The molecular weight excluding hydrogens is 428 g/mol. The number of nitrogens with zero attached hydrogens (tertiary/aromatic N) is 5. The second kappa shape index (κ2) is 7.96. The lowest BCUT2D eigenvalue weighted by Crippen LogP contribution is -2.26. The van der Waals surface area contributed by atoms with Crippen LogP contribution < -0.4 is 10.9 Å². The van der Waals surface area contributed by atoms with Gasteiger partial charge in [0.05, 0.1) is 24.0 Å². The monoisotopic (exact) mass is 448 g/mol. The van der Waals surface area contributed by atoms with Crippen molar-refractivity contribution in [2.24, 2.45) is 0 Å². The third-order valence-corrected chi connectivity index (χ3v) is 5.91. The summed E-state index contributed by atoms with van der Waals surface area (Å²) >= 11 is 0. The molecule has 0 saturated carbocycles. The first-order valence-corrected chi connectivity index (χ1v) is 10.8.